The normalized spacial score (nSPS) is 14.7. The van der Waals surface area contributed by atoms with Gasteiger partial charge in [0.05, 0.1) is 7.11 Å². The van der Waals surface area contributed by atoms with Crippen molar-refractivity contribution in [2.24, 2.45) is 5.73 Å². The summed E-state index contributed by atoms with van der Waals surface area (Å²) < 4.78 is 5.18. The third kappa shape index (κ3) is 4.58. The second kappa shape index (κ2) is 6.03. The van der Waals surface area contributed by atoms with E-state index in [1.807, 2.05) is 30.8 Å². The summed E-state index contributed by atoms with van der Waals surface area (Å²) in [6.45, 7) is 4.25. The van der Waals surface area contributed by atoms with Gasteiger partial charge in [-0.05, 0) is 31.5 Å². The molecule has 0 radical (unpaired) electrons. The smallest absolute Gasteiger partial charge is 0.119 e. The van der Waals surface area contributed by atoms with Crippen molar-refractivity contribution in [2.75, 3.05) is 7.11 Å². The van der Waals surface area contributed by atoms with Gasteiger partial charge in [0.1, 0.15) is 5.75 Å². The summed E-state index contributed by atoms with van der Waals surface area (Å²) in [7, 11) is 1.69. The first-order chi connectivity index (χ1) is 7.11. The maximum absolute atomic E-state index is 5.77. The van der Waals surface area contributed by atoms with E-state index in [1.54, 1.807) is 7.11 Å². The molecule has 84 valence electrons. The lowest BCUT2D eigenvalue weighted by Gasteiger charge is -2.13. The number of ether oxygens (including phenoxy) is 1. The number of hydrogen-bond acceptors (Lipinski definition) is 3. The summed E-state index contributed by atoms with van der Waals surface area (Å²) in [5.41, 5.74) is 5.77. The van der Waals surface area contributed by atoms with Crippen molar-refractivity contribution in [3.8, 4) is 5.75 Å². The van der Waals surface area contributed by atoms with Crippen molar-refractivity contribution >= 4 is 11.8 Å². The van der Waals surface area contributed by atoms with E-state index in [0.29, 0.717) is 5.25 Å². The van der Waals surface area contributed by atoms with E-state index in [9.17, 15) is 0 Å². The van der Waals surface area contributed by atoms with Crippen LogP contribution in [0.3, 0.4) is 0 Å². The summed E-state index contributed by atoms with van der Waals surface area (Å²) in [5, 5.41) is 0.539. The summed E-state index contributed by atoms with van der Waals surface area (Å²) in [6, 6.07) is 8.39. The molecule has 0 aliphatic heterocycles. The molecule has 2 unspecified atom stereocenters. The van der Waals surface area contributed by atoms with E-state index in [2.05, 4.69) is 19.1 Å². The van der Waals surface area contributed by atoms with Crippen LogP contribution in [0.1, 0.15) is 20.3 Å². The summed E-state index contributed by atoms with van der Waals surface area (Å²) >= 11 is 1.84. The Morgan fingerprint density at radius 3 is 2.73 bits per heavy atom. The van der Waals surface area contributed by atoms with Gasteiger partial charge in [0.25, 0.3) is 0 Å². The van der Waals surface area contributed by atoms with Crippen LogP contribution in [0.4, 0.5) is 0 Å². The monoisotopic (exact) mass is 225 g/mol. The van der Waals surface area contributed by atoms with Gasteiger partial charge >= 0.3 is 0 Å². The molecule has 2 nitrogen and oxygen atoms in total. The third-order valence-electron chi connectivity index (χ3n) is 2.08. The van der Waals surface area contributed by atoms with Gasteiger partial charge in [0.15, 0.2) is 0 Å². The van der Waals surface area contributed by atoms with E-state index >= 15 is 0 Å². The minimum Gasteiger partial charge on any atom is -0.497 e. The average Bonchev–Trinajstić information content (AvgIpc) is 2.16. The van der Waals surface area contributed by atoms with Gasteiger partial charge in [0.2, 0.25) is 0 Å². The quantitative estimate of drug-likeness (QED) is 0.783. The number of hydrogen-bond donors (Lipinski definition) is 1. The fraction of sp³-hybridized carbons (Fsp3) is 0.500. The van der Waals surface area contributed by atoms with Crippen molar-refractivity contribution in [2.45, 2.75) is 36.5 Å². The molecule has 15 heavy (non-hydrogen) atoms. The van der Waals surface area contributed by atoms with Gasteiger partial charge in [-0.2, -0.15) is 0 Å². The lowest BCUT2D eigenvalue weighted by atomic mass is 10.2. The molecule has 0 heterocycles. The Morgan fingerprint density at radius 1 is 1.40 bits per heavy atom. The number of thioether (sulfide) groups is 1. The van der Waals surface area contributed by atoms with Gasteiger partial charge < -0.3 is 10.5 Å². The highest BCUT2D eigenvalue weighted by Gasteiger charge is 2.07. The van der Waals surface area contributed by atoms with Crippen molar-refractivity contribution in [3.63, 3.8) is 0 Å². The van der Waals surface area contributed by atoms with Crippen LogP contribution in [0.2, 0.25) is 0 Å². The molecule has 2 N–H and O–H groups in total. The Balaban J connectivity index is 2.55. The van der Waals surface area contributed by atoms with Crippen LogP contribution in [0.15, 0.2) is 29.2 Å². The first-order valence-electron chi connectivity index (χ1n) is 5.18. The van der Waals surface area contributed by atoms with E-state index < -0.39 is 0 Å². The zero-order valence-electron chi connectivity index (χ0n) is 9.57. The summed E-state index contributed by atoms with van der Waals surface area (Å²) in [4.78, 5) is 1.24. The van der Waals surface area contributed by atoms with Gasteiger partial charge in [-0.15, -0.1) is 11.8 Å². The Labute approximate surface area is 96.2 Å². The molecular weight excluding hydrogens is 206 g/mol. The number of benzene rings is 1. The maximum Gasteiger partial charge on any atom is 0.119 e. The van der Waals surface area contributed by atoms with Crippen LogP contribution >= 0.6 is 11.8 Å². The molecule has 0 saturated carbocycles. The molecule has 0 amide bonds. The minimum atomic E-state index is 0.262. The molecule has 0 aliphatic carbocycles. The molecule has 1 rings (SSSR count). The molecule has 2 atom stereocenters. The fourth-order valence-corrected chi connectivity index (χ4v) is 2.68. The van der Waals surface area contributed by atoms with Gasteiger partial charge in [-0.25, -0.2) is 0 Å². The molecule has 0 bridgehead atoms. The maximum atomic E-state index is 5.77. The topological polar surface area (TPSA) is 35.2 Å². The van der Waals surface area contributed by atoms with Crippen LogP contribution in [-0.2, 0) is 0 Å². The van der Waals surface area contributed by atoms with Gasteiger partial charge in [-0.1, -0.05) is 13.0 Å². The molecule has 0 spiro atoms. The Bertz CT molecular complexity index is 301. The van der Waals surface area contributed by atoms with Crippen molar-refractivity contribution in [1.29, 1.82) is 0 Å². The van der Waals surface area contributed by atoms with Crippen molar-refractivity contribution < 1.29 is 4.74 Å². The van der Waals surface area contributed by atoms with Crippen molar-refractivity contribution in [3.05, 3.63) is 24.3 Å². The van der Waals surface area contributed by atoms with Crippen LogP contribution in [0, 0.1) is 0 Å². The highest BCUT2D eigenvalue weighted by Crippen LogP contribution is 2.28. The van der Waals surface area contributed by atoms with E-state index in [0.717, 1.165) is 12.2 Å². The fourth-order valence-electron chi connectivity index (χ4n) is 1.48. The first-order valence-corrected chi connectivity index (χ1v) is 6.06. The van der Waals surface area contributed by atoms with E-state index in [1.165, 1.54) is 4.90 Å². The summed E-state index contributed by atoms with van der Waals surface area (Å²) in [5.74, 6) is 0.910. The SMILES string of the molecule is COc1cccc(SC(C)CC(C)N)c1. The zero-order valence-corrected chi connectivity index (χ0v) is 10.4. The Kier molecular flexibility index (Phi) is 4.99. The second-order valence-electron chi connectivity index (χ2n) is 3.82. The number of nitrogens with two attached hydrogens (primary N) is 1. The highest BCUT2D eigenvalue weighted by atomic mass is 32.2. The molecular formula is C12H19NOS. The standard InChI is InChI=1S/C12H19NOS/c1-9(13)7-10(2)15-12-6-4-5-11(8-12)14-3/h4-6,8-10H,7,13H2,1-3H3. The lowest BCUT2D eigenvalue weighted by molar-refractivity contribution is 0.413. The van der Waals surface area contributed by atoms with E-state index in [4.69, 9.17) is 10.5 Å². The van der Waals surface area contributed by atoms with Crippen LogP contribution in [-0.4, -0.2) is 18.4 Å². The molecule has 0 aliphatic rings. The van der Waals surface area contributed by atoms with Crippen LogP contribution in [0.5, 0.6) is 5.75 Å². The zero-order chi connectivity index (χ0) is 11.3. The molecule has 3 heteroatoms. The Morgan fingerprint density at radius 2 is 2.13 bits per heavy atom. The molecule has 1 aromatic carbocycles. The summed E-state index contributed by atoms with van der Waals surface area (Å²) in [6.07, 6.45) is 1.03. The Hall–Kier alpha value is -0.670. The molecule has 0 fully saturated rings. The predicted octanol–water partition coefficient (Wildman–Crippen LogP) is 2.91. The first kappa shape index (κ1) is 12.4. The molecule has 0 saturated heterocycles. The third-order valence-corrected chi connectivity index (χ3v) is 3.20. The molecule has 0 aromatic heterocycles. The number of rotatable bonds is 5. The van der Waals surface area contributed by atoms with Crippen molar-refractivity contribution in [1.82, 2.24) is 0 Å². The number of methoxy groups -OCH3 is 1. The van der Waals surface area contributed by atoms with Gasteiger partial charge in [-0.3, -0.25) is 0 Å². The van der Waals surface area contributed by atoms with Crippen LogP contribution < -0.4 is 10.5 Å². The second-order valence-corrected chi connectivity index (χ2v) is 5.33. The van der Waals surface area contributed by atoms with Crippen LogP contribution in [0.25, 0.3) is 0 Å². The molecule has 1 aromatic rings. The average molecular weight is 225 g/mol. The highest BCUT2D eigenvalue weighted by molar-refractivity contribution is 7.99. The van der Waals surface area contributed by atoms with E-state index in [-0.39, 0.29) is 6.04 Å². The lowest BCUT2D eigenvalue weighted by Crippen LogP contribution is -2.19. The largest absolute Gasteiger partial charge is 0.497 e. The minimum absolute atomic E-state index is 0.262. The van der Waals surface area contributed by atoms with Gasteiger partial charge in [0, 0.05) is 16.2 Å². The predicted molar refractivity (Wildman–Crippen MR) is 66.6 cm³/mol.